The third kappa shape index (κ3) is 3.29. The molecule has 1 saturated heterocycles. The molecule has 2 atom stereocenters. The van der Waals surface area contributed by atoms with Gasteiger partial charge in [0.15, 0.2) is 0 Å². The number of carbonyl (C=O) groups is 1. The van der Waals surface area contributed by atoms with Crippen molar-refractivity contribution in [3.05, 3.63) is 39.9 Å². The van der Waals surface area contributed by atoms with Crippen LogP contribution in [0.5, 0.6) is 0 Å². The van der Waals surface area contributed by atoms with Crippen LogP contribution in [0.3, 0.4) is 0 Å². The summed E-state index contributed by atoms with van der Waals surface area (Å²) in [6, 6.07) is 6.30. The van der Waals surface area contributed by atoms with E-state index in [1.165, 1.54) is 37.8 Å². The highest BCUT2D eigenvalue weighted by molar-refractivity contribution is 5.79. The molecule has 1 aliphatic carbocycles. The van der Waals surface area contributed by atoms with Gasteiger partial charge >= 0.3 is 0 Å². The van der Waals surface area contributed by atoms with Crippen LogP contribution in [-0.4, -0.2) is 28.8 Å². The van der Waals surface area contributed by atoms with Gasteiger partial charge in [-0.2, -0.15) is 0 Å². The Hall–Kier alpha value is -1.91. The molecule has 0 unspecified atom stereocenters. The summed E-state index contributed by atoms with van der Waals surface area (Å²) in [5.74, 6) is 1.65. The molecule has 0 bridgehead atoms. The topological polar surface area (TPSA) is 63.4 Å². The Morgan fingerprint density at radius 1 is 1.14 bits per heavy atom. The van der Waals surface area contributed by atoms with Gasteiger partial charge < -0.3 is 4.90 Å². The van der Waals surface area contributed by atoms with Gasteiger partial charge in [-0.25, -0.2) is 0 Å². The van der Waals surface area contributed by atoms with Crippen LogP contribution in [0, 0.1) is 22.0 Å². The number of piperidine rings is 1. The first-order valence-corrected chi connectivity index (χ1v) is 8.14. The van der Waals surface area contributed by atoms with Gasteiger partial charge in [-0.1, -0.05) is 31.4 Å². The third-order valence-corrected chi connectivity index (χ3v) is 5.15. The zero-order valence-corrected chi connectivity index (χ0v) is 12.7. The van der Waals surface area contributed by atoms with Crippen LogP contribution in [0.15, 0.2) is 24.3 Å². The van der Waals surface area contributed by atoms with Crippen molar-refractivity contribution in [3.63, 3.8) is 0 Å². The fraction of sp³-hybridized carbons (Fsp3) is 0.588. The van der Waals surface area contributed by atoms with E-state index in [-0.39, 0.29) is 11.6 Å². The summed E-state index contributed by atoms with van der Waals surface area (Å²) < 4.78 is 0. The number of hydrogen-bond donors (Lipinski definition) is 0. The molecular formula is C17H22N2O3. The normalized spacial score (nSPS) is 24.6. The van der Waals surface area contributed by atoms with E-state index in [9.17, 15) is 14.9 Å². The van der Waals surface area contributed by atoms with Crippen molar-refractivity contribution in [1.82, 2.24) is 4.90 Å². The number of nitrogens with zero attached hydrogens (tertiary/aromatic N) is 2. The lowest BCUT2D eigenvalue weighted by atomic mass is 9.75. The third-order valence-electron chi connectivity index (χ3n) is 5.15. The van der Waals surface area contributed by atoms with Crippen LogP contribution >= 0.6 is 0 Å². The van der Waals surface area contributed by atoms with Gasteiger partial charge in [0.25, 0.3) is 5.69 Å². The maximum absolute atomic E-state index is 12.5. The van der Waals surface area contributed by atoms with Gasteiger partial charge in [0.2, 0.25) is 5.91 Å². The lowest BCUT2D eigenvalue weighted by molar-refractivity contribution is -0.384. The summed E-state index contributed by atoms with van der Waals surface area (Å²) in [5.41, 5.74) is 0.917. The van der Waals surface area contributed by atoms with Crippen molar-refractivity contribution >= 4 is 11.6 Å². The van der Waals surface area contributed by atoms with E-state index in [0.717, 1.165) is 31.0 Å². The standard InChI is InChI=1S/C17H22N2O3/c20-17(11-13-5-7-16(8-6-13)19(21)22)18-10-9-14-3-1-2-4-15(14)12-18/h5-8,14-15H,1-4,9-12H2/t14-,15+/m0/s1. The number of nitro groups is 1. The Labute approximate surface area is 130 Å². The molecule has 1 amide bonds. The summed E-state index contributed by atoms with van der Waals surface area (Å²) in [4.78, 5) is 24.7. The van der Waals surface area contributed by atoms with E-state index in [1.807, 2.05) is 4.90 Å². The molecule has 1 aliphatic heterocycles. The van der Waals surface area contributed by atoms with Gasteiger partial charge in [0.05, 0.1) is 11.3 Å². The zero-order valence-electron chi connectivity index (χ0n) is 12.7. The number of rotatable bonds is 3. The largest absolute Gasteiger partial charge is 0.342 e. The molecule has 3 rings (SSSR count). The van der Waals surface area contributed by atoms with E-state index >= 15 is 0 Å². The molecule has 2 aliphatic rings. The number of carbonyl (C=O) groups excluding carboxylic acids is 1. The molecular weight excluding hydrogens is 280 g/mol. The summed E-state index contributed by atoms with van der Waals surface area (Å²) in [6.45, 7) is 1.77. The highest BCUT2D eigenvalue weighted by Gasteiger charge is 2.32. The van der Waals surface area contributed by atoms with Crippen molar-refractivity contribution < 1.29 is 9.72 Å². The van der Waals surface area contributed by atoms with Gasteiger partial charge in [0.1, 0.15) is 0 Å². The van der Waals surface area contributed by atoms with Gasteiger partial charge in [-0.3, -0.25) is 14.9 Å². The maximum atomic E-state index is 12.5. The molecule has 22 heavy (non-hydrogen) atoms. The second kappa shape index (κ2) is 6.46. The average Bonchev–Trinajstić information content (AvgIpc) is 2.55. The van der Waals surface area contributed by atoms with Crippen LogP contribution in [0.25, 0.3) is 0 Å². The van der Waals surface area contributed by atoms with Crippen LogP contribution in [0.4, 0.5) is 5.69 Å². The smallest absolute Gasteiger partial charge is 0.269 e. The van der Waals surface area contributed by atoms with Gasteiger partial charge in [0, 0.05) is 25.2 Å². The number of benzene rings is 1. The fourth-order valence-corrected chi connectivity index (χ4v) is 3.85. The lowest BCUT2D eigenvalue weighted by Crippen LogP contribution is -2.45. The molecule has 1 heterocycles. The predicted molar refractivity (Wildman–Crippen MR) is 83.4 cm³/mol. The van der Waals surface area contributed by atoms with E-state index in [4.69, 9.17) is 0 Å². The van der Waals surface area contributed by atoms with E-state index in [0.29, 0.717) is 12.3 Å². The molecule has 5 heteroatoms. The molecule has 1 saturated carbocycles. The van der Waals surface area contributed by atoms with Crippen molar-refractivity contribution in [2.45, 2.75) is 38.5 Å². The van der Waals surface area contributed by atoms with E-state index in [1.54, 1.807) is 12.1 Å². The molecule has 1 aromatic rings. The number of non-ortho nitro benzene ring substituents is 1. The SMILES string of the molecule is O=C(Cc1ccc([N+](=O)[O-])cc1)N1CC[C@@H]2CCCC[C@@H]2C1. The van der Waals surface area contributed by atoms with Gasteiger partial charge in [-0.15, -0.1) is 0 Å². The van der Waals surface area contributed by atoms with E-state index in [2.05, 4.69) is 0 Å². The molecule has 0 aromatic heterocycles. The van der Waals surface area contributed by atoms with Crippen LogP contribution < -0.4 is 0 Å². The molecule has 2 fully saturated rings. The number of nitro benzene ring substituents is 1. The Kier molecular flexibility index (Phi) is 4.41. The summed E-state index contributed by atoms with van der Waals surface area (Å²) in [6.07, 6.45) is 6.70. The van der Waals surface area contributed by atoms with Crippen molar-refractivity contribution in [2.75, 3.05) is 13.1 Å². The van der Waals surface area contributed by atoms with Crippen molar-refractivity contribution in [2.24, 2.45) is 11.8 Å². The molecule has 0 radical (unpaired) electrons. The zero-order chi connectivity index (χ0) is 15.5. The minimum atomic E-state index is -0.417. The maximum Gasteiger partial charge on any atom is 0.269 e. The second-order valence-corrected chi connectivity index (χ2v) is 6.53. The Bertz CT molecular complexity index is 556. The van der Waals surface area contributed by atoms with Gasteiger partial charge in [-0.05, 0) is 30.2 Å². The monoisotopic (exact) mass is 302 g/mol. The first-order chi connectivity index (χ1) is 10.6. The highest BCUT2D eigenvalue weighted by atomic mass is 16.6. The minimum absolute atomic E-state index is 0.0687. The quantitative estimate of drug-likeness (QED) is 0.636. The molecule has 0 spiro atoms. The minimum Gasteiger partial charge on any atom is -0.342 e. The van der Waals surface area contributed by atoms with E-state index < -0.39 is 4.92 Å². The lowest BCUT2D eigenvalue weighted by Gasteiger charge is -2.41. The summed E-state index contributed by atoms with van der Waals surface area (Å²) >= 11 is 0. The van der Waals surface area contributed by atoms with Crippen LogP contribution in [-0.2, 0) is 11.2 Å². The summed E-state index contributed by atoms with van der Waals surface area (Å²) in [5, 5.41) is 10.6. The van der Waals surface area contributed by atoms with Crippen LogP contribution in [0.2, 0.25) is 0 Å². The fourth-order valence-electron chi connectivity index (χ4n) is 3.85. The first-order valence-electron chi connectivity index (χ1n) is 8.14. The molecule has 118 valence electrons. The number of fused-ring (bicyclic) bond motifs is 1. The molecule has 1 aromatic carbocycles. The Balaban J connectivity index is 1.58. The highest BCUT2D eigenvalue weighted by Crippen LogP contribution is 2.36. The number of likely N-dealkylation sites (tertiary alicyclic amines) is 1. The second-order valence-electron chi connectivity index (χ2n) is 6.53. The predicted octanol–water partition coefficient (Wildman–Crippen LogP) is 3.18. The number of hydrogen-bond acceptors (Lipinski definition) is 3. The first kappa shape index (κ1) is 15.0. The molecule has 0 N–H and O–H groups in total. The van der Waals surface area contributed by atoms with Crippen molar-refractivity contribution in [1.29, 1.82) is 0 Å². The number of amides is 1. The van der Waals surface area contributed by atoms with Crippen LogP contribution in [0.1, 0.15) is 37.7 Å². The average molecular weight is 302 g/mol. The summed E-state index contributed by atoms with van der Waals surface area (Å²) in [7, 11) is 0. The molecule has 5 nitrogen and oxygen atoms in total. The van der Waals surface area contributed by atoms with Crippen molar-refractivity contribution in [3.8, 4) is 0 Å². The Morgan fingerprint density at radius 3 is 2.50 bits per heavy atom. The Morgan fingerprint density at radius 2 is 1.82 bits per heavy atom.